The number of pyridine rings is 1. The molecule has 0 saturated heterocycles. The van der Waals surface area contributed by atoms with E-state index in [0.717, 1.165) is 11.3 Å². The largest absolute Gasteiger partial charge is 0.478 e. The number of nitrogens with one attached hydrogen (secondary N) is 1. The van der Waals surface area contributed by atoms with E-state index in [0.29, 0.717) is 25.6 Å². The van der Waals surface area contributed by atoms with Gasteiger partial charge in [0.1, 0.15) is 5.50 Å². The molecule has 1 amide bonds. The van der Waals surface area contributed by atoms with Crippen LogP contribution in [-0.4, -0.2) is 48.2 Å². The Bertz CT molecular complexity index is 519. The molecule has 0 radical (unpaired) electrons. The van der Waals surface area contributed by atoms with E-state index in [1.807, 2.05) is 17.9 Å². The number of amides is 1. The van der Waals surface area contributed by atoms with Gasteiger partial charge >= 0.3 is 0 Å². The lowest BCUT2D eigenvalue weighted by Gasteiger charge is -2.35. The van der Waals surface area contributed by atoms with Gasteiger partial charge in [-0.1, -0.05) is 0 Å². The van der Waals surface area contributed by atoms with E-state index < -0.39 is 0 Å². The Morgan fingerprint density at radius 2 is 2.29 bits per heavy atom. The van der Waals surface area contributed by atoms with Crippen LogP contribution in [0.5, 0.6) is 5.88 Å². The second kappa shape index (κ2) is 7.33. The fourth-order valence-corrected chi connectivity index (χ4v) is 2.40. The lowest BCUT2D eigenvalue weighted by molar-refractivity contribution is -0.117. The van der Waals surface area contributed by atoms with Crippen molar-refractivity contribution < 1.29 is 14.3 Å². The summed E-state index contributed by atoms with van der Waals surface area (Å²) in [5, 5.41) is 2.74. The highest BCUT2D eigenvalue weighted by Crippen LogP contribution is 2.25. The molecule has 1 aromatic heterocycles. The van der Waals surface area contributed by atoms with Crippen molar-refractivity contribution in [2.24, 2.45) is 0 Å². The third-order valence-corrected chi connectivity index (χ3v) is 3.41. The topological polar surface area (TPSA) is 63.7 Å². The van der Waals surface area contributed by atoms with E-state index in [4.69, 9.17) is 9.47 Å². The van der Waals surface area contributed by atoms with Crippen molar-refractivity contribution in [3.63, 3.8) is 0 Å². The van der Waals surface area contributed by atoms with Gasteiger partial charge in [-0.05, 0) is 13.0 Å². The summed E-state index contributed by atoms with van der Waals surface area (Å²) in [6, 6.07) is 3.66. The van der Waals surface area contributed by atoms with E-state index in [2.05, 4.69) is 22.9 Å². The van der Waals surface area contributed by atoms with Crippen molar-refractivity contribution in [2.45, 2.75) is 12.4 Å². The van der Waals surface area contributed by atoms with Gasteiger partial charge in [-0.25, -0.2) is 4.98 Å². The zero-order valence-electron chi connectivity index (χ0n) is 12.1. The van der Waals surface area contributed by atoms with Crippen molar-refractivity contribution in [1.29, 1.82) is 0 Å². The maximum absolute atomic E-state index is 11.7. The van der Waals surface area contributed by atoms with Crippen LogP contribution in [0.2, 0.25) is 0 Å². The summed E-state index contributed by atoms with van der Waals surface area (Å²) in [5.74, 6) is 0.389. The highest BCUT2D eigenvalue weighted by atomic mass is 32.1. The van der Waals surface area contributed by atoms with Crippen LogP contribution in [0, 0.1) is 0 Å². The monoisotopic (exact) mass is 309 g/mol. The van der Waals surface area contributed by atoms with Crippen LogP contribution in [0.15, 0.2) is 24.4 Å². The molecule has 2 heterocycles. The Morgan fingerprint density at radius 1 is 1.48 bits per heavy atom. The number of hydrogen-bond donors (Lipinski definition) is 2. The SMILES string of the molecule is CCOc1ccc(C2=CC(=O)NC(S)N2CCOC)cn1. The number of hydrogen-bond acceptors (Lipinski definition) is 6. The van der Waals surface area contributed by atoms with Crippen LogP contribution in [0.25, 0.3) is 5.70 Å². The molecule has 0 aromatic carbocycles. The van der Waals surface area contributed by atoms with Crippen LogP contribution in [0.3, 0.4) is 0 Å². The second-order valence-corrected chi connectivity index (χ2v) is 4.91. The van der Waals surface area contributed by atoms with Crippen molar-refractivity contribution >= 4 is 24.2 Å². The maximum atomic E-state index is 11.7. The van der Waals surface area contributed by atoms with E-state index in [-0.39, 0.29) is 11.4 Å². The van der Waals surface area contributed by atoms with Gasteiger partial charge in [0.25, 0.3) is 0 Å². The maximum Gasteiger partial charge on any atom is 0.248 e. The number of carbonyl (C=O) groups is 1. The molecule has 1 aromatic rings. The van der Waals surface area contributed by atoms with Crippen LogP contribution in [0.4, 0.5) is 0 Å². The van der Waals surface area contributed by atoms with E-state index >= 15 is 0 Å². The molecule has 1 unspecified atom stereocenters. The summed E-state index contributed by atoms with van der Waals surface area (Å²) in [7, 11) is 1.64. The van der Waals surface area contributed by atoms with Crippen molar-refractivity contribution in [3.05, 3.63) is 30.0 Å². The summed E-state index contributed by atoms with van der Waals surface area (Å²) in [4.78, 5) is 17.9. The molecule has 1 aliphatic rings. The van der Waals surface area contributed by atoms with Gasteiger partial charge in [-0.15, -0.1) is 12.6 Å². The molecule has 7 heteroatoms. The Balaban J connectivity index is 2.25. The number of ether oxygens (including phenoxy) is 2. The third kappa shape index (κ3) is 3.89. The van der Waals surface area contributed by atoms with Crippen LogP contribution in [-0.2, 0) is 9.53 Å². The van der Waals surface area contributed by atoms with E-state index in [1.165, 1.54) is 0 Å². The number of thiol groups is 1. The predicted octanol–water partition coefficient (Wildman–Crippen LogP) is 1.11. The van der Waals surface area contributed by atoms with Gasteiger partial charge in [0.05, 0.1) is 18.9 Å². The molecule has 1 N–H and O–H groups in total. The minimum atomic E-state index is -0.390. The van der Waals surface area contributed by atoms with Gasteiger partial charge in [0, 0.05) is 37.6 Å². The Morgan fingerprint density at radius 3 is 2.90 bits per heavy atom. The first-order valence-electron chi connectivity index (χ1n) is 6.70. The third-order valence-electron chi connectivity index (χ3n) is 3.00. The average Bonchev–Trinajstić information content (AvgIpc) is 2.47. The van der Waals surface area contributed by atoms with E-state index in [9.17, 15) is 4.79 Å². The minimum Gasteiger partial charge on any atom is -0.478 e. The molecule has 21 heavy (non-hydrogen) atoms. The van der Waals surface area contributed by atoms with Crippen molar-refractivity contribution in [1.82, 2.24) is 15.2 Å². The molecule has 114 valence electrons. The number of aromatic nitrogens is 1. The molecular weight excluding hydrogens is 290 g/mol. The van der Waals surface area contributed by atoms with Crippen LogP contribution < -0.4 is 10.1 Å². The van der Waals surface area contributed by atoms with E-state index in [1.54, 1.807) is 25.4 Å². The highest BCUT2D eigenvalue weighted by molar-refractivity contribution is 7.80. The molecule has 0 fully saturated rings. The van der Waals surface area contributed by atoms with Crippen molar-refractivity contribution in [2.75, 3.05) is 26.9 Å². The molecular formula is C14H19N3O3S. The molecule has 2 rings (SSSR count). The van der Waals surface area contributed by atoms with Crippen molar-refractivity contribution in [3.8, 4) is 5.88 Å². The fourth-order valence-electron chi connectivity index (χ4n) is 2.03. The predicted molar refractivity (Wildman–Crippen MR) is 82.9 cm³/mol. The number of methoxy groups -OCH3 is 1. The first-order chi connectivity index (χ1) is 10.2. The summed E-state index contributed by atoms with van der Waals surface area (Å²) in [5.41, 5.74) is 1.22. The highest BCUT2D eigenvalue weighted by Gasteiger charge is 2.25. The second-order valence-electron chi connectivity index (χ2n) is 4.42. The summed E-state index contributed by atoms with van der Waals surface area (Å²) in [6.45, 7) is 3.62. The minimum absolute atomic E-state index is 0.174. The number of rotatable bonds is 6. The molecule has 0 saturated carbocycles. The van der Waals surface area contributed by atoms with Gasteiger partial charge in [-0.3, -0.25) is 4.79 Å². The van der Waals surface area contributed by atoms with Gasteiger partial charge < -0.3 is 19.7 Å². The van der Waals surface area contributed by atoms with Crippen LogP contribution in [0.1, 0.15) is 12.5 Å². The lowest BCUT2D eigenvalue weighted by Crippen LogP contribution is -2.48. The Kier molecular flexibility index (Phi) is 5.46. The number of nitrogens with zero attached hydrogens (tertiary/aromatic N) is 2. The first-order valence-corrected chi connectivity index (χ1v) is 7.22. The Labute approximate surface area is 129 Å². The molecule has 0 bridgehead atoms. The van der Waals surface area contributed by atoms with Gasteiger partial charge in [0.15, 0.2) is 0 Å². The zero-order chi connectivity index (χ0) is 15.2. The summed E-state index contributed by atoms with van der Waals surface area (Å²) in [6.07, 6.45) is 3.23. The standard InChI is InChI=1S/C14H19N3O3S/c1-3-20-13-5-4-10(9-15-13)11-8-12(18)16-14(21)17(11)6-7-19-2/h4-5,8-9,14,21H,3,6-7H2,1-2H3,(H,16,18). The smallest absolute Gasteiger partial charge is 0.248 e. The number of carbonyl (C=O) groups excluding carboxylic acids is 1. The normalized spacial score (nSPS) is 18.2. The zero-order valence-corrected chi connectivity index (χ0v) is 13.0. The van der Waals surface area contributed by atoms with Gasteiger partial charge in [0.2, 0.25) is 11.8 Å². The summed E-state index contributed by atoms with van der Waals surface area (Å²) < 4.78 is 10.4. The lowest BCUT2D eigenvalue weighted by atomic mass is 10.1. The van der Waals surface area contributed by atoms with Crippen LogP contribution >= 0.6 is 12.6 Å². The molecule has 6 nitrogen and oxygen atoms in total. The Hall–Kier alpha value is -1.73. The molecule has 0 spiro atoms. The summed E-state index contributed by atoms with van der Waals surface area (Å²) >= 11 is 4.40. The fraction of sp³-hybridized carbons (Fsp3) is 0.429. The quantitative estimate of drug-likeness (QED) is 0.771. The molecule has 1 aliphatic heterocycles. The first kappa shape index (κ1) is 15.7. The molecule has 1 atom stereocenters. The molecule has 0 aliphatic carbocycles. The average molecular weight is 309 g/mol. The van der Waals surface area contributed by atoms with Gasteiger partial charge in [-0.2, -0.15) is 0 Å².